The van der Waals surface area contributed by atoms with E-state index in [0.717, 1.165) is 18.5 Å². The fraction of sp³-hybridized carbons (Fsp3) is 0.176. The number of carbonyl (C=O) groups excluding carboxylic acids is 1. The van der Waals surface area contributed by atoms with Crippen LogP contribution in [0.3, 0.4) is 0 Å². The number of carboxylic acid groups (broad SMARTS) is 1. The van der Waals surface area contributed by atoms with Crippen LogP contribution in [0.1, 0.15) is 23.2 Å². The zero-order valence-corrected chi connectivity index (χ0v) is 11.4. The summed E-state index contributed by atoms with van der Waals surface area (Å²) in [5.74, 6) is -0.911. The Balaban J connectivity index is 2.04. The van der Waals surface area contributed by atoms with Crippen LogP contribution in [0.15, 0.2) is 54.6 Å². The Labute approximate surface area is 122 Å². The maximum Gasteiger partial charge on any atom is 0.335 e. The van der Waals surface area contributed by atoms with E-state index in [0.29, 0.717) is 5.69 Å². The summed E-state index contributed by atoms with van der Waals surface area (Å²) < 4.78 is 0. The first kappa shape index (κ1) is 13.4. The molecule has 1 fully saturated rings. The number of benzene rings is 2. The molecule has 0 aromatic heterocycles. The van der Waals surface area contributed by atoms with Crippen molar-refractivity contribution in [1.82, 2.24) is 0 Å². The van der Waals surface area contributed by atoms with Crippen molar-refractivity contribution in [3.05, 3.63) is 60.2 Å². The number of aromatic carboxylic acids is 1. The van der Waals surface area contributed by atoms with Gasteiger partial charge in [-0.1, -0.05) is 24.3 Å². The Morgan fingerprint density at radius 3 is 2.24 bits per heavy atom. The molecule has 1 amide bonds. The number of rotatable bonds is 4. The van der Waals surface area contributed by atoms with Gasteiger partial charge in [0, 0.05) is 17.3 Å². The molecule has 1 N–H and O–H groups in total. The van der Waals surface area contributed by atoms with Crippen molar-refractivity contribution in [1.29, 1.82) is 0 Å². The zero-order chi connectivity index (χ0) is 14.8. The smallest absolute Gasteiger partial charge is 0.335 e. The Morgan fingerprint density at radius 2 is 1.62 bits per heavy atom. The second kappa shape index (κ2) is 5.40. The van der Waals surface area contributed by atoms with Crippen molar-refractivity contribution in [2.45, 2.75) is 12.8 Å². The van der Waals surface area contributed by atoms with Crippen molar-refractivity contribution >= 4 is 23.3 Å². The van der Waals surface area contributed by atoms with E-state index in [4.69, 9.17) is 5.11 Å². The molecule has 0 spiro atoms. The number of amides is 1. The van der Waals surface area contributed by atoms with Gasteiger partial charge in [-0.25, -0.2) is 4.79 Å². The van der Waals surface area contributed by atoms with E-state index in [2.05, 4.69) is 0 Å². The molecule has 0 unspecified atom stereocenters. The summed E-state index contributed by atoms with van der Waals surface area (Å²) in [4.78, 5) is 25.3. The highest BCUT2D eigenvalue weighted by Crippen LogP contribution is 2.36. The molecule has 4 heteroatoms. The predicted molar refractivity (Wildman–Crippen MR) is 79.7 cm³/mol. The molecular weight excluding hydrogens is 266 g/mol. The topological polar surface area (TPSA) is 57.6 Å². The Bertz CT molecular complexity index is 677. The largest absolute Gasteiger partial charge is 0.478 e. The van der Waals surface area contributed by atoms with Crippen LogP contribution < -0.4 is 4.90 Å². The van der Waals surface area contributed by atoms with Gasteiger partial charge in [0.05, 0.1) is 5.56 Å². The molecular formula is C17H15NO3. The third kappa shape index (κ3) is 2.79. The number of carbonyl (C=O) groups is 2. The third-order valence-corrected chi connectivity index (χ3v) is 3.51. The summed E-state index contributed by atoms with van der Waals surface area (Å²) >= 11 is 0. The number of nitrogens with zero attached hydrogens (tertiary/aromatic N) is 1. The van der Waals surface area contributed by atoms with Crippen LogP contribution in [0, 0.1) is 5.92 Å². The van der Waals surface area contributed by atoms with Gasteiger partial charge in [-0.15, -0.1) is 0 Å². The van der Waals surface area contributed by atoms with Gasteiger partial charge in [0.15, 0.2) is 0 Å². The van der Waals surface area contributed by atoms with Gasteiger partial charge in [-0.05, 0) is 43.2 Å². The second-order valence-electron chi connectivity index (χ2n) is 5.14. The van der Waals surface area contributed by atoms with Gasteiger partial charge >= 0.3 is 5.97 Å². The molecule has 106 valence electrons. The van der Waals surface area contributed by atoms with E-state index in [1.54, 1.807) is 17.0 Å². The van der Waals surface area contributed by atoms with Gasteiger partial charge < -0.3 is 5.11 Å². The van der Waals surface area contributed by atoms with E-state index in [1.807, 2.05) is 30.3 Å². The minimum atomic E-state index is -0.997. The highest BCUT2D eigenvalue weighted by molar-refractivity contribution is 6.03. The SMILES string of the molecule is O=C(O)c1cccc(N(C(=O)C2CC2)c2ccccc2)c1. The monoisotopic (exact) mass is 281 g/mol. The summed E-state index contributed by atoms with van der Waals surface area (Å²) in [7, 11) is 0. The van der Waals surface area contributed by atoms with Gasteiger partial charge in [0.1, 0.15) is 0 Å². The summed E-state index contributed by atoms with van der Waals surface area (Å²) in [6.07, 6.45) is 1.81. The lowest BCUT2D eigenvalue weighted by Gasteiger charge is -2.23. The predicted octanol–water partition coefficient (Wildman–Crippen LogP) is 3.46. The fourth-order valence-electron chi connectivity index (χ4n) is 2.27. The molecule has 2 aromatic carbocycles. The quantitative estimate of drug-likeness (QED) is 0.933. The summed E-state index contributed by atoms with van der Waals surface area (Å²) in [6.45, 7) is 0. The highest BCUT2D eigenvalue weighted by Gasteiger charge is 2.34. The van der Waals surface area contributed by atoms with Crippen molar-refractivity contribution < 1.29 is 14.7 Å². The van der Waals surface area contributed by atoms with Crippen LogP contribution >= 0.6 is 0 Å². The summed E-state index contributed by atoms with van der Waals surface area (Å²) in [5.41, 5.74) is 1.53. The van der Waals surface area contributed by atoms with Crippen molar-refractivity contribution in [3.8, 4) is 0 Å². The molecule has 0 bridgehead atoms. The normalized spacial score (nSPS) is 13.7. The number of anilines is 2. The zero-order valence-electron chi connectivity index (χ0n) is 11.4. The number of hydrogen-bond acceptors (Lipinski definition) is 2. The summed E-state index contributed by atoms with van der Waals surface area (Å²) in [6, 6.07) is 15.8. The Morgan fingerprint density at radius 1 is 0.952 bits per heavy atom. The molecule has 0 atom stereocenters. The molecule has 0 saturated heterocycles. The van der Waals surface area contributed by atoms with Crippen LogP contribution in [0.2, 0.25) is 0 Å². The molecule has 1 aliphatic carbocycles. The van der Waals surface area contributed by atoms with Crippen molar-refractivity contribution in [3.63, 3.8) is 0 Å². The maximum absolute atomic E-state index is 12.6. The van der Waals surface area contributed by atoms with Crippen molar-refractivity contribution in [2.75, 3.05) is 4.90 Å². The van der Waals surface area contributed by atoms with Crippen LogP contribution in [0.25, 0.3) is 0 Å². The lowest BCUT2D eigenvalue weighted by Crippen LogP contribution is -2.27. The minimum Gasteiger partial charge on any atom is -0.478 e. The van der Waals surface area contributed by atoms with E-state index < -0.39 is 5.97 Å². The molecule has 4 nitrogen and oxygen atoms in total. The highest BCUT2D eigenvalue weighted by atomic mass is 16.4. The lowest BCUT2D eigenvalue weighted by molar-refractivity contribution is -0.119. The molecule has 1 aliphatic rings. The molecule has 0 radical (unpaired) electrons. The van der Waals surface area contributed by atoms with Gasteiger partial charge in [0.25, 0.3) is 0 Å². The average Bonchev–Trinajstić information content (AvgIpc) is 3.33. The lowest BCUT2D eigenvalue weighted by atomic mass is 10.1. The Kier molecular flexibility index (Phi) is 3.44. The third-order valence-electron chi connectivity index (χ3n) is 3.51. The molecule has 3 rings (SSSR count). The minimum absolute atomic E-state index is 0.0312. The summed E-state index contributed by atoms with van der Waals surface area (Å²) in [5, 5.41) is 9.12. The molecule has 21 heavy (non-hydrogen) atoms. The standard InChI is InChI=1S/C17H15NO3/c19-16(12-9-10-12)18(14-6-2-1-3-7-14)15-8-4-5-13(11-15)17(20)21/h1-8,11-12H,9-10H2,(H,20,21). The van der Waals surface area contributed by atoms with Gasteiger partial charge in [0.2, 0.25) is 5.91 Å². The molecule has 0 aliphatic heterocycles. The molecule has 1 saturated carbocycles. The van der Waals surface area contributed by atoms with E-state index in [-0.39, 0.29) is 17.4 Å². The van der Waals surface area contributed by atoms with Gasteiger partial charge in [-0.3, -0.25) is 9.69 Å². The van der Waals surface area contributed by atoms with E-state index in [9.17, 15) is 9.59 Å². The van der Waals surface area contributed by atoms with E-state index >= 15 is 0 Å². The Hall–Kier alpha value is -2.62. The van der Waals surface area contributed by atoms with Crippen molar-refractivity contribution in [2.24, 2.45) is 5.92 Å². The first-order valence-electron chi connectivity index (χ1n) is 6.89. The first-order valence-corrected chi connectivity index (χ1v) is 6.89. The van der Waals surface area contributed by atoms with Crippen LogP contribution in [0.5, 0.6) is 0 Å². The second-order valence-corrected chi connectivity index (χ2v) is 5.14. The van der Waals surface area contributed by atoms with Crippen LogP contribution in [-0.2, 0) is 4.79 Å². The molecule has 2 aromatic rings. The molecule has 0 heterocycles. The van der Waals surface area contributed by atoms with Crippen LogP contribution in [0.4, 0.5) is 11.4 Å². The average molecular weight is 281 g/mol. The van der Waals surface area contributed by atoms with Crippen LogP contribution in [-0.4, -0.2) is 17.0 Å². The number of carboxylic acids is 1. The fourth-order valence-corrected chi connectivity index (χ4v) is 2.27. The maximum atomic E-state index is 12.6. The number of hydrogen-bond donors (Lipinski definition) is 1. The number of para-hydroxylation sites is 1. The first-order chi connectivity index (χ1) is 10.2. The van der Waals surface area contributed by atoms with E-state index in [1.165, 1.54) is 12.1 Å². The van der Waals surface area contributed by atoms with Gasteiger partial charge in [-0.2, -0.15) is 0 Å².